The van der Waals surface area contributed by atoms with Gasteiger partial charge in [0.15, 0.2) is 0 Å². The molecule has 0 fully saturated rings. The van der Waals surface area contributed by atoms with E-state index in [2.05, 4.69) is 17.2 Å². The number of aryl methyl sites for hydroxylation is 1. The smallest absolute Gasteiger partial charge is 0.150 e. The van der Waals surface area contributed by atoms with Gasteiger partial charge in [-0.3, -0.25) is 4.98 Å². The lowest BCUT2D eigenvalue weighted by atomic mass is 10.0. The average Bonchev–Trinajstić information content (AvgIpc) is 2.46. The first kappa shape index (κ1) is 17.1. The molecule has 1 aromatic rings. The van der Waals surface area contributed by atoms with Crippen LogP contribution in [-0.2, 0) is 16.3 Å². The molecule has 1 unspecified atom stereocenters. The van der Waals surface area contributed by atoms with Crippen molar-refractivity contribution in [2.24, 2.45) is 0 Å². The molecule has 5 heteroatoms. The van der Waals surface area contributed by atoms with Crippen molar-refractivity contribution in [1.82, 2.24) is 10.3 Å². The molecule has 1 atom stereocenters. The van der Waals surface area contributed by atoms with Gasteiger partial charge in [-0.25, -0.2) is 8.42 Å². The Hall–Kier alpha value is -0.940. The van der Waals surface area contributed by atoms with Crippen LogP contribution >= 0.6 is 0 Å². The summed E-state index contributed by atoms with van der Waals surface area (Å²) in [6, 6.07) is 6.32. The largest absolute Gasteiger partial charge is 0.314 e. The van der Waals surface area contributed by atoms with Gasteiger partial charge in [-0.1, -0.05) is 19.9 Å². The van der Waals surface area contributed by atoms with Gasteiger partial charge in [-0.2, -0.15) is 0 Å². The van der Waals surface area contributed by atoms with Crippen LogP contribution in [0.3, 0.4) is 0 Å². The van der Waals surface area contributed by atoms with E-state index in [1.807, 2.05) is 24.4 Å². The minimum Gasteiger partial charge on any atom is -0.314 e. The minimum atomic E-state index is -2.84. The summed E-state index contributed by atoms with van der Waals surface area (Å²) in [7, 11) is -2.84. The topological polar surface area (TPSA) is 59.1 Å². The zero-order valence-electron chi connectivity index (χ0n) is 12.5. The Bertz CT molecular complexity index is 460. The van der Waals surface area contributed by atoms with Gasteiger partial charge < -0.3 is 5.32 Å². The molecule has 0 amide bonds. The van der Waals surface area contributed by atoms with E-state index >= 15 is 0 Å². The summed E-state index contributed by atoms with van der Waals surface area (Å²) in [5.41, 5.74) is 1.09. The van der Waals surface area contributed by atoms with Crippen LogP contribution in [0.15, 0.2) is 24.4 Å². The Kier molecular flexibility index (Phi) is 7.77. The fourth-order valence-corrected chi connectivity index (χ4v) is 3.09. The van der Waals surface area contributed by atoms with E-state index < -0.39 is 9.84 Å². The second-order valence-corrected chi connectivity index (χ2v) is 7.47. The Morgan fingerprint density at radius 1 is 1.25 bits per heavy atom. The van der Waals surface area contributed by atoms with Crippen molar-refractivity contribution >= 4 is 9.84 Å². The maximum Gasteiger partial charge on any atom is 0.150 e. The third kappa shape index (κ3) is 7.01. The molecule has 4 nitrogen and oxygen atoms in total. The van der Waals surface area contributed by atoms with Crippen LogP contribution in [0.2, 0.25) is 0 Å². The van der Waals surface area contributed by atoms with Crippen molar-refractivity contribution in [1.29, 1.82) is 0 Å². The lowest BCUT2D eigenvalue weighted by Crippen LogP contribution is -2.30. The molecule has 0 spiro atoms. The molecule has 0 saturated carbocycles. The molecule has 0 aliphatic heterocycles. The Balaban J connectivity index is 2.36. The summed E-state index contributed by atoms with van der Waals surface area (Å²) >= 11 is 0. The molecular weight excluding hydrogens is 272 g/mol. The first-order valence-electron chi connectivity index (χ1n) is 7.41. The van der Waals surface area contributed by atoms with Crippen LogP contribution in [0.25, 0.3) is 0 Å². The van der Waals surface area contributed by atoms with E-state index in [1.54, 1.807) is 6.92 Å². The Morgan fingerprint density at radius 3 is 2.65 bits per heavy atom. The van der Waals surface area contributed by atoms with Crippen molar-refractivity contribution in [2.75, 3.05) is 18.1 Å². The van der Waals surface area contributed by atoms with Crippen molar-refractivity contribution in [3.05, 3.63) is 30.1 Å². The maximum absolute atomic E-state index is 11.5. The molecule has 1 aromatic heterocycles. The molecule has 1 N–H and O–H groups in total. The van der Waals surface area contributed by atoms with Gasteiger partial charge in [0.1, 0.15) is 9.84 Å². The summed E-state index contributed by atoms with van der Waals surface area (Å²) in [4.78, 5) is 4.32. The highest BCUT2D eigenvalue weighted by Crippen LogP contribution is 2.08. The SMILES string of the molecule is CCNC(CCCS(=O)(=O)CC)CCc1ccccn1. The first-order valence-corrected chi connectivity index (χ1v) is 9.23. The van der Waals surface area contributed by atoms with Gasteiger partial charge in [0.05, 0.1) is 5.75 Å². The van der Waals surface area contributed by atoms with Gasteiger partial charge in [0, 0.05) is 23.7 Å². The summed E-state index contributed by atoms with van der Waals surface area (Å²) in [6.07, 6.45) is 5.37. The monoisotopic (exact) mass is 298 g/mol. The Labute approximate surface area is 122 Å². The second-order valence-electron chi connectivity index (χ2n) is 4.99. The molecule has 0 aliphatic carbocycles. The molecule has 0 radical (unpaired) electrons. The van der Waals surface area contributed by atoms with Crippen LogP contribution in [0, 0.1) is 0 Å². The van der Waals surface area contributed by atoms with Crippen LogP contribution in [-0.4, -0.2) is 37.5 Å². The number of hydrogen-bond donors (Lipinski definition) is 1. The van der Waals surface area contributed by atoms with E-state index in [0.717, 1.165) is 37.9 Å². The summed E-state index contributed by atoms with van der Waals surface area (Å²) < 4.78 is 23.0. The zero-order chi connectivity index (χ0) is 14.8. The van der Waals surface area contributed by atoms with E-state index in [-0.39, 0.29) is 5.75 Å². The molecule has 1 heterocycles. The fourth-order valence-electron chi connectivity index (χ4n) is 2.20. The van der Waals surface area contributed by atoms with E-state index in [4.69, 9.17) is 0 Å². The van der Waals surface area contributed by atoms with Gasteiger partial charge in [-0.15, -0.1) is 0 Å². The number of pyridine rings is 1. The highest BCUT2D eigenvalue weighted by Gasteiger charge is 2.11. The van der Waals surface area contributed by atoms with E-state index in [1.165, 1.54) is 0 Å². The quantitative estimate of drug-likeness (QED) is 0.719. The van der Waals surface area contributed by atoms with Crippen molar-refractivity contribution in [3.8, 4) is 0 Å². The summed E-state index contributed by atoms with van der Waals surface area (Å²) in [6.45, 7) is 4.70. The van der Waals surface area contributed by atoms with Gasteiger partial charge >= 0.3 is 0 Å². The highest BCUT2D eigenvalue weighted by atomic mass is 32.2. The van der Waals surface area contributed by atoms with E-state index in [9.17, 15) is 8.42 Å². The average molecular weight is 298 g/mol. The highest BCUT2D eigenvalue weighted by molar-refractivity contribution is 7.91. The second kappa shape index (κ2) is 9.08. The van der Waals surface area contributed by atoms with Crippen LogP contribution in [0.5, 0.6) is 0 Å². The number of hydrogen-bond acceptors (Lipinski definition) is 4. The normalized spacial score (nSPS) is 13.3. The van der Waals surface area contributed by atoms with Gasteiger partial charge in [0.25, 0.3) is 0 Å². The van der Waals surface area contributed by atoms with Crippen molar-refractivity contribution in [2.45, 2.75) is 45.6 Å². The lowest BCUT2D eigenvalue weighted by Gasteiger charge is -2.17. The predicted molar refractivity (Wildman–Crippen MR) is 83.6 cm³/mol. The molecule has 0 saturated heterocycles. The molecule has 1 rings (SSSR count). The van der Waals surface area contributed by atoms with Crippen molar-refractivity contribution in [3.63, 3.8) is 0 Å². The summed E-state index contributed by atoms with van der Waals surface area (Å²) in [5, 5.41) is 3.43. The van der Waals surface area contributed by atoms with Gasteiger partial charge in [0.2, 0.25) is 0 Å². The molecular formula is C15H26N2O2S. The molecule has 0 aromatic carbocycles. The minimum absolute atomic E-state index is 0.243. The predicted octanol–water partition coefficient (Wildman–Crippen LogP) is 2.21. The fraction of sp³-hybridized carbons (Fsp3) is 0.667. The van der Waals surface area contributed by atoms with Crippen LogP contribution < -0.4 is 5.32 Å². The number of aromatic nitrogens is 1. The summed E-state index contributed by atoms with van der Waals surface area (Å²) in [5.74, 6) is 0.543. The molecule has 0 aliphatic rings. The number of nitrogens with zero attached hydrogens (tertiary/aromatic N) is 1. The number of sulfone groups is 1. The molecule has 20 heavy (non-hydrogen) atoms. The molecule has 0 bridgehead atoms. The molecule has 114 valence electrons. The lowest BCUT2D eigenvalue weighted by molar-refractivity contribution is 0.457. The maximum atomic E-state index is 11.5. The number of rotatable bonds is 10. The van der Waals surface area contributed by atoms with Gasteiger partial charge in [-0.05, 0) is 44.4 Å². The number of nitrogens with one attached hydrogen (secondary N) is 1. The van der Waals surface area contributed by atoms with Crippen LogP contribution in [0.1, 0.15) is 38.8 Å². The zero-order valence-corrected chi connectivity index (χ0v) is 13.3. The van der Waals surface area contributed by atoms with Crippen LogP contribution in [0.4, 0.5) is 0 Å². The third-order valence-electron chi connectivity index (χ3n) is 3.42. The third-order valence-corrected chi connectivity index (χ3v) is 5.21. The van der Waals surface area contributed by atoms with Crippen molar-refractivity contribution < 1.29 is 8.42 Å². The van der Waals surface area contributed by atoms with E-state index in [0.29, 0.717) is 11.8 Å². The first-order chi connectivity index (χ1) is 9.57. The standard InChI is InChI=1S/C15H26N2O2S/c1-3-16-14(9-7-13-20(18,19)4-2)10-11-15-8-5-6-12-17-15/h5-6,8,12,14,16H,3-4,7,9-11,13H2,1-2H3. The Morgan fingerprint density at radius 2 is 2.05 bits per heavy atom.